The number of rotatable bonds is 19. The van der Waals surface area contributed by atoms with Crippen molar-refractivity contribution < 1.29 is 29.3 Å². The van der Waals surface area contributed by atoms with E-state index < -0.39 is 11.9 Å². The number of methoxy groups -OCH3 is 1. The molecule has 2 aliphatic heterocycles. The highest BCUT2D eigenvalue weighted by molar-refractivity contribution is 5.96. The number of aromatic amines is 2. The van der Waals surface area contributed by atoms with Gasteiger partial charge in [-0.15, -0.1) is 0 Å². The van der Waals surface area contributed by atoms with Crippen LogP contribution in [0.3, 0.4) is 0 Å². The number of aliphatic hydroxyl groups excluding tert-OH is 2. The Hall–Kier alpha value is -4.86. The molecule has 0 radical (unpaired) electrons. The molecule has 354 valence electrons. The van der Waals surface area contributed by atoms with E-state index in [1.165, 1.54) is 57.6 Å². The lowest BCUT2D eigenvalue weighted by Gasteiger charge is -2.19. The molecule has 5 heterocycles. The monoisotopic (exact) mass is 891 g/mol. The average molecular weight is 891 g/mol. The zero-order valence-corrected chi connectivity index (χ0v) is 41.5. The number of H-pyrrole nitrogens is 2. The number of nitrogens with zero attached hydrogens (tertiary/aromatic N) is 2. The van der Waals surface area contributed by atoms with Gasteiger partial charge in [0.05, 0.1) is 29.6 Å². The van der Waals surface area contributed by atoms with Crippen LogP contribution >= 0.6 is 0 Å². The van der Waals surface area contributed by atoms with E-state index in [0.29, 0.717) is 34.3 Å². The minimum Gasteiger partial charge on any atom is -0.512 e. The first-order valence-corrected chi connectivity index (χ1v) is 24.7. The van der Waals surface area contributed by atoms with Crippen LogP contribution in [0.5, 0.6) is 0 Å². The van der Waals surface area contributed by atoms with Crippen LogP contribution in [0.4, 0.5) is 0 Å². The van der Waals surface area contributed by atoms with Crippen molar-refractivity contribution in [3.05, 3.63) is 79.8 Å². The molecule has 8 bridgehead atoms. The molecule has 3 aliphatic rings. The molecule has 3 aromatic rings. The Morgan fingerprint density at radius 2 is 1.40 bits per heavy atom. The summed E-state index contributed by atoms with van der Waals surface area (Å²) in [7, 11) is 1.33. The van der Waals surface area contributed by atoms with Crippen LogP contribution in [0.25, 0.3) is 33.6 Å². The molecule has 1 aliphatic carbocycles. The molecule has 0 amide bonds. The Balaban J connectivity index is 1.25. The molecule has 0 fully saturated rings. The first-order valence-electron chi connectivity index (χ1n) is 24.7. The summed E-state index contributed by atoms with van der Waals surface area (Å²) in [4.78, 5) is 44.8. The Morgan fingerprint density at radius 1 is 0.800 bits per heavy atom. The van der Waals surface area contributed by atoms with Gasteiger partial charge in [-0.05, 0) is 107 Å². The molecule has 65 heavy (non-hydrogen) atoms. The van der Waals surface area contributed by atoms with E-state index in [2.05, 4.69) is 77.5 Å². The lowest BCUT2D eigenvalue weighted by molar-refractivity contribution is -0.143. The van der Waals surface area contributed by atoms with Crippen molar-refractivity contribution in [2.24, 2.45) is 17.8 Å². The Bertz CT molecular complexity index is 2540. The first kappa shape index (κ1) is 49.6. The van der Waals surface area contributed by atoms with Crippen LogP contribution in [0.1, 0.15) is 208 Å². The molecule has 0 aromatic carbocycles. The second kappa shape index (κ2) is 21.6. The van der Waals surface area contributed by atoms with Crippen molar-refractivity contribution >= 4 is 45.5 Å². The molecule has 7 atom stereocenters. The predicted molar refractivity (Wildman–Crippen MR) is 264 cm³/mol. The fourth-order valence-electron chi connectivity index (χ4n) is 10.8. The Labute approximate surface area is 387 Å². The van der Waals surface area contributed by atoms with Crippen LogP contribution in [-0.4, -0.2) is 55.8 Å². The van der Waals surface area contributed by atoms with E-state index in [-0.39, 0.29) is 54.2 Å². The van der Waals surface area contributed by atoms with E-state index in [4.69, 9.17) is 19.4 Å². The van der Waals surface area contributed by atoms with Gasteiger partial charge in [0.25, 0.3) is 0 Å². The van der Waals surface area contributed by atoms with Crippen LogP contribution in [0.2, 0.25) is 0 Å². The highest BCUT2D eigenvalue weighted by atomic mass is 16.5. The van der Waals surface area contributed by atoms with E-state index in [0.717, 1.165) is 81.1 Å². The zero-order valence-electron chi connectivity index (χ0n) is 41.5. The van der Waals surface area contributed by atoms with Gasteiger partial charge in [0.1, 0.15) is 18.3 Å². The van der Waals surface area contributed by atoms with Gasteiger partial charge in [0.2, 0.25) is 0 Å². The minimum atomic E-state index is -1.09. The van der Waals surface area contributed by atoms with Gasteiger partial charge in [0.15, 0.2) is 0 Å². The van der Waals surface area contributed by atoms with E-state index in [9.17, 15) is 19.8 Å². The number of nitrogens with one attached hydrogen (secondary N) is 2. The summed E-state index contributed by atoms with van der Waals surface area (Å²) >= 11 is 0. The SMILES string of the molecule is CC[C@H]1c2cc3[nH]c4c(c5nc(cc6[nH]c(cc(n2)[C@@H]1C)c(=C(C)O)c6C)[C@@H](C)[C@@H]5CCC(=O)OC/C=C(\C)CCC[C@H](C)CCC[C@H](C)CCCC(C)C)[C@@H](C(=O)OC)C(O)=c4c3C. The van der Waals surface area contributed by atoms with Gasteiger partial charge >= 0.3 is 11.9 Å². The van der Waals surface area contributed by atoms with Gasteiger partial charge in [0, 0.05) is 74.2 Å². The number of allylic oxidation sites excluding steroid dienone is 1. The van der Waals surface area contributed by atoms with Crippen LogP contribution in [-0.2, 0) is 19.1 Å². The normalized spacial score (nSPS) is 20.9. The summed E-state index contributed by atoms with van der Waals surface area (Å²) in [6.45, 7) is 23.8. The maximum Gasteiger partial charge on any atom is 0.321 e. The molecule has 10 nitrogen and oxygen atoms in total. The zero-order chi connectivity index (χ0) is 47.3. The second-order valence-electron chi connectivity index (χ2n) is 20.4. The number of hydrogen-bond donors (Lipinski definition) is 4. The summed E-state index contributed by atoms with van der Waals surface area (Å²) in [5.41, 5.74) is 9.71. The third-order valence-electron chi connectivity index (χ3n) is 14.9. The molecule has 0 saturated carbocycles. The number of esters is 2. The predicted octanol–water partition coefficient (Wildman–Crippen LogP) is 12.4. The minimum absolute atomic E-state index is 0.0748. The van der Waals surface area contributed by atoms with Crippen LogP contribution in [0.15, 0.2) is 29.8 Å². The largest absolute Gasteiger partial charge is 0.512 e. The molecule has 6 rings (SSSR count). The topological polar surface area (TPSA) is 150 Å². The maximum atomic E-state index is 13.7. The standard InChI is InChI=1S/C55H78N4O6/c1-13-39-34(7)41-29-46-48(38(11)60)36(9)43(57-46)27-42-35(8)40(52(58-42)50-51(55(63)64-12)54(62)49-37(10)44(59-53(49)50)28-45(39)56-41)23-24-47(61)65-26-25-33(6)22-16-21-32(5)20-15-19-31(4)18-14-17-30(2)3/h25,27-32,34-35,39-40,51,57,59-60,62H,13-24,26H2,1-12H3/b33-25+,42-27?,45-28?,46-29?,48-38?/t31-,32-,34-,35+,39-,40+,51-/m1/s1. The van der Waals surface area contributed by atoms with Crippen molar-refractivity contribution in [2.75, 3.05) is 13.7 Å². The van der Waals surface area contributed by atoms with Gasteiger partial charge in [-0.2, -0.15) is 0 Å². The summed E-state index contributed by atoms with van der Waals surface area (Å²) in [5.74, 6) is 0.302. The van der Waals surface area contributed by atoms with Crippen LogP contribution in [0, 0.1) is 31.6 Å². The lowest BCUT2D eigenvalue weighted by Crippen LogP contribution is -2.18. The molecule has 10 heteroatoms. The van der Waals surface area contributed by atoms with E-state index >= 15 is 0 Å². The first-order chi connectivity index (χ1) is 30.9. The maximum absolute atomic E-state index is 13.7. The molecular weight excluding hydrogens is 813 g/mol. The third-order valence-corrected chi connectivity index (χ3v) is 14.9. The number of aryl methyl sites for hydroxylation is 2. The van der Waals surface area contributed by atoms with E-state index in [1.54, 1.807) is 6.92 Å². The number of hydrogen-bond acceptors (Lipinski definition) is 8. The second-order valence-corrected chi connectivity index (χ2v) is 20.4. The van der Waals surface area contributed by atoms with Crippen LogP contribution < -0.4 is 10.4 Å². The summed E-state index contributed by atoms with van der Waals surface area (Å²) in [6, 6.07) is 6.12. The van der Waals surface area contributed by atoms with Crippen molar-refractivity contribution in [3.8, 4) is 0 Å². The summed E-state index contributed by atoms with van der Waals surface area (Å²) < 4.78 is 11.1. The van der Waals surface area contributed by atoms with Gasteiger partial charge in [-0.3, -0.25) is 19.6 Å². The summed E-state index contributed by atoms with van der Waals surface area (Å²) in [6.07, 6.45) is 14.8. The number of aliphatic hydroxyl groups is 2. The Morgan fingerprint density at radius 3 is 2.05 bits per heavy atom. The molecule has 0 spiro atoms. The number of carbonyl (C=O) groups is 2. The highest BCUT2D eigenvalue weighted by Crippen LogP contribution is 2.46. The van der Waals surface area contributed by atoms with E-state index in [1.807, 2.05) is 26.0 Å². The number of fused-ring (bicyclic) bond motifs is 8. The van der Waals surface area contributed by atoms with Crippen molar-refractivity contribution in [3.63, 3.8) is 0 Å². The molecule has 0 unspecified atom stereocenters. The van der Waals surface area contributed by atoms with Crippen molar-refractivity contribution in [1.82, 2.24) is 19.9 Å². The lowest BCUT2D eigenvalue weighted by atomic mass is 9.84. The van der Waals surface area contributed by atoms with Gasteiger partial charge in [-0.25, -0.2) is 0 Å². The third kappa shape index (κ3) is 11.1. The van der Waals surface area contributed by atoms with Gasteiger partial charge in [-0.1, -0.05) is 99.0 Å². The van der Waals surface area contributed by atoms with Gasteiger partial charge < -0.3 is 29.7 Å². The molecule has 3 aromatic heterocycles. The molecule has 0 saturated heterocycles. The number of ether oxygens (including phenoxy) is 2. The highest BCUT2D eigenvalue weighted by Gasteiger charge is 2.42. The fourth-order valence-corrected chi connectivity index (χ4v) is 10.8. The smallest absolute Gasteiger partial charge is 0.321 e. The summed E-state index contributed by atoms with van der Waals surface area (Å²) in [5, 5.41) is 24.2. The fraction of sp³-hybridized carbons (Fsp3) is 0.600. The average Bonchev–Trinajstić information content (AvgIpc) is 4.00. The van der Waals surface area contributed by atoms with Crippen molar-refractivity contribution in [1.29, 1.82) is 0 Å². The molecule has 4 N–H and O–H groups in total. The number of carbonyl (C=O) groups excluding carboxylic acids is 2. The van der Waals surface area contributed by atoms with Crippen molar-refractivity contribution in [2.45, 2.75) is 183 Å². The quantitative estimate of drug-likeness (QED) is 0.0686. The molecular formula is C55H78N4O6. The number of aromatic nitrogens is 4. The Kier molecular flexibility index (Phi) is 16.5.